The van der Waals surface area contributed by atoms with Gasteiger partial charge in [0.25, 0.3) is 0 Å². The number of carbonyl (C=O) groups excluding carboxylic acids is 1. The minimum Gasteiger partial charge on any atom is -0.355 e. The Morgan fingerprint density at radius 3 is 2.24 bits per heavy atom. The molecule has 102 valence electrons. The standard InChI is InChI=1S/C13H29N3O/c1-6-13(7-2,10-14)16(5)9-12(17)15-8-11(3)4/h11H,6-10,14H2,1-5H3,(H,15,17). The number of nitrogens with one attached hydrogen (secondary N) is 1. The highest BCUT2D eigenvalue weighted by atomic mass is 16.2. The molecule has 0 aliphatic heterocycles. The zero-order chi connectivity index (χ0) is 13.5. The number of rotatable bonds is 8. The van der Waals surface area contributed by atoms with Crippen LogP contribution in [0.3, 0.4) is 0 Å². The van der Waals surface area contributed by atoms with Crippen LogP contribution in [0.1, 0.15) is 40.5 Å². The molecule has 1 amide bonds. The second-order valence-corrected chi connectivity index (χ2v) is 5.19. The summed E-state index contributed by atoms with van der Waals surface area (Å²) in [5, 5.41) is 2.94. The third-order valence-corrected chi connectivity index (χ3v) is 3.59. The second kappa shape index (κ2) is 7.67. The number of nitrogens with two attached hydrogens (primary N) is 1. The van der Waals surface area contributed by atoms with Crippen LogP contribution in [0, 0.1) is 5.92 Å². The lowest BCUT2D eigenvalue weighted by Gasteiger charge is -2.39. The van der Waals surface area contributed by atoms with Gasteiger partial charge in [0, 0.05) is 18.6 Å². The molecule has 0 aromatic rings. The van der Waals surface area contributed by atoms with Crippen molar-refractivity contribution in [2.45, 2.75) is 46.1 Å². The number of amides is 1. The van der Waals surface area contributed by atoms with E-state index in [0.29, 0.717) is 19.0 Å². The highest BCUT2D eigenvalue weighted by Crippen LogP contribution is 2.20. The van der Waals surface area contributed by atoms with Gasteiger partial charge in [0.05, 0.1) is 6.54 Å². The normalized spacial score (nSPS) is 12.2. The fraction of sp³-hybridized carbons (Fsp3) is 0.923. The van der Waals surface area contributed by atoms with Crippen molar-refractivity contribution in [3.63, 3.8) is 0 Å². The third kappa shape index (κ3) is 5.04. The van der Waals surface area contributed by atoms with Gasteiger partial charge in [-0.3, -0.25) is 9.69 Å². The number of hydrogen-bond acceptors (Lipinski definition) is 3. The lowest BCUT2D eigenvalue weighted by molar-refractivity contribution is -0.123. The van der Waals surface area contributed by atoms with Crippen molar-refractivity contribution in [1.29, 1.82) is 0 Å². The topological polar surface area (TPSA) is 58.4 Å². The van der Waals surface area contributed by atoms with Gasteiger partial charge in [-0.15, -0.1) is 0 Å². The van der Waals surface area contributed by atoms with Gasteiger partial charge in [-0.1, -0.05) is 27.7 Å². The van der Waals surface area contributed by atoms with Gasteiger partial charge < -0.3 is 11.1 Å². The Labute approximate surface area is 106 Å². The predicted molar refractivity (Wildman–Crippen MR) is 72.8 cm³/mol. The van der Waals surface area contributed by atoms with E-state index in [4.69, 9.17) is 5.73 Å². The van der Waals surface area contributed by atoms with E-state index < -0.39 is 0 Å². The average Bonchev–Trinajstić information content (AvgIpc) is 2.29. The van der Waals surface area contributed by atoms with Crippen molar-refractivity contribution >= 4 is 5.91 Å². The number of nitrogens with zero attached hydrogens (tertiary/aromatic N) is 1. The fourth-order valence-electron chi connectivity index (χ4n) is 1.99. The summed E-state index contributed by atoms with van der Waals surface area (Å²) < 4.78 is 0. The van der Waals surface area contributed by atoms with Gasteiger partial charge in [-0.25, -0.2) is 0 Å². The van der Waals surface area contributed by atoms with E-state index >= 15 is 0 Å². The molecule has 0 spiro atoms. The van der Waals surface area contributed by atoms with E-state index in [1.807, 2.05) is 7.05 Å². The molecule has 0 fully saturated rings. The lowest BCUT2D eigenvalue weighted by atomic mass is 9.91. The van der Waals surface area contributed by atoms with Gasteiger partial charge >= 0.3 is 0 Å². The van der Waals surface area contributed by atoms with Gasteiger partial charge in [0.15, 0.2) is 0 Å². The second-order valence-electron chi connectivity index (χ2n) is 5.19. The molecule has 0 bridgehead atoms. The van der Waals surface area contributed by atoms with E-state index in [-0.39, 0.29) is 11.4 Å². The van der Waals surface area contributed by atoms with Crippen LogP contribution in [-0.2, 0) is 4.79 Å². The van der Waals surface area contributed by atoms with Crippen LogP contribution in [0.15, 0.2) is 0 Å². The highest BCUT2D eigenvalue weighted by molar-refractivity contribution is 5.78. The predicted octanol–water partition coefficient (Wildman–Crippen LogP) is 1.21. The molecule has 0 heterocycles. The summed E-state index contributed by atoms with van der Waals surface area (Å²) in [6.07, 6.45) is 1.93. The Kier molecular flexibility index (Phi) is 7.39. The van der Waals surface area contributed by atoms with Crippen molar-refractivity contribution in [2.75, 3.05) is 26.7 Å². The van der Waals surface area contributed by atoms with Crippen molar-refractivity contribution in [3.05, 3.63) is 0 Å². The molecular formula is C13H29N3O. The summed E-state index contributed by atoms with van der Waals surface area (Å²) in [6, 6.07) is 0. The first-order valence-corrected chi connectivity index (χ1v) is 6.59. The zero-order valence-electron chi connectivity index (χ0n) is 12.0. The molecule has 0 radical (unpaired) electrons. The molecule has 0 aliphatic rings. The Hall–Kier alpha value is -0.610. The van der Waals surface area contributed by atoms with Crippen LogP contribution in [0.25, 0.3) is 0 Å². The van der Waals surface area contributed by atoms with E-state index in [1.54, 1.807) is 0 Å². The van der Waals surface area contributed by atoms with Crippen LogP contribution >= 0.6 is 0 Å². The maximum atomic E-state index is 11.8. The first-order valence-electron chi connectivity index (χ1n) is 6.59. The summed E-state index contributed by atoms with van der Waals surface area (Å²) in [7, 11) is 1.98. The molecule has 0 saturated carbocycles. The fourth-order valence-corrected chi connectivity index (χ4v) is 1.99. The van der Waals surface area contributed by atoms with Gasteiger partial charge in [0.2, 0.25) is 5.91 Å². The van der Waals surface area contributed by atoms with Crippen LogP contribution in [0.5, 0.6) is 0 Å². The largest absolute Gasteiger partial charge is 0.355 e. The third-order valence-electron chi connectivity index (χ3n) is 3.59. The van der Waals surface area contributed by atoms with Crippen molar-refractivity contribution in [1.82, 2.24) is 10.2 Å². The molecule has 0 saturated heterocycles. The molecule has 4 nitrogen and oxygen atoms in total. The summed E-state index contributed by atoms with van der Waals surface area (Å²) >= 11 is 0. The van der Waals surface area contributed by atoms with Crippen molar-refractivity contribution in [3.8, 4) is 0 Å². The summed E-state index contributed by atoms with van der Waals surface area (Å²) in [5.74, 6) is 0.571. The summed E-state index contributed by atoms with van der Waals surface area (Å²) in [6.45, 7) is 10.2. The monoisotopic (exact) mass is 243 g/mol. The minimum absolute atomic E-state index is 0.0465. The zero-order valence-corrected chi connectivity index (χ0v) is 12.0. The van der Waals surface area contributed by atoms with Crippen LogP contribution in [-0.4, -0.2) is 43.0 Å². The van der Waals surface area contributed by atoms with Crippen LogP contribution in [0.4, 0.5) is 0 Å². The quantitative estimate of drug-likeness (QED) is 0.673. The first kappa shape index (κ1) is 16.4. The molecular weight excluding hydrogens is 214 g/mol. The van der Waals surface area contributed by atoms with E-state index in [9.17, 15) is 4.79 Å². The van der Waals surface area contributed by atoms with Gasteiger partial charge in [-0.05, 0) is 25.8 Å². The molecule has 0 aliphatic carbocycles. The summed E-state index contributed by atoms with van der Waals surface area (Å²) in [4.78, 5) is 13.8. The molecule has 17 heavy (non-hydrogen) atoms. The van der Waals surface area contributed by atoms with Crippen molar-refractivity contribution < 1.29 is 4.79 Å². The van der Waals surface area contributed by atoms with Crippen LogP contribution < -0.4 is 11.1 Å². The number of likely N-dealkylation sites (N-methyl/N-ethyl adjacent to an activating group) is 1. The van der Waals surface area contributed by atoms with Crippen LogP contribution in [0.2, 0.25) is 0 Å². The minimum atomic E-state index is -0.0465. The number of hydrogen-bond donors (Lipinski definition) is 2. The molecule has 0 atom stereocenters. The molecule has 0 rings (SSSR count). The Bertz CT molecular complexity index is 216. The molecule has 0 aromatic heterocycles. The first-order chi connectivity index (χ1) is 7.91. The van der Waals surface area contributed by atoms with Gasteiger partial charge in [-0.2, -0.15) is 0 Å². The molecule has 0 aromatic carbocycles. The van der Waals surface area contributed by atoms with E-state index in [0.717, 1.165) is 19.4 Å². The van der Waals surface area contributed by atoms with E-state index in [2.05, 4.69) is 37.9 Å². The SMILES string of the molecule is CCC(CC)(CN)N(C)CC(=O)NCC(C)C. The molecule has 4 heteroatoms. The maximum absolute atomic E-state index is 11.8. The Morgan fingerprint density at radius 1 is 1.35 bits per heavy atom. The smallest absolute Gasteiger partial charge is 0.234 e. The highest BCUT2D eigenvalue weighted by Gasteiger charge is 2.30. The maximum Gasteiger partial charge on any atom is 0.234 e. The van der Waals surface area contributed by atoms with Gasteiger partial charge in [0.1, 0.15) is 0 Å². The average molecular weight is 243 g/mol. The van der Waals surface area contributed by atoms with E-state index in [1.165, 1.54) is 0 Å². The summed E-state index contributed by atoms with van der Waals surface area (Å²) in [5.41, 5.74) is 5.81. The Morgan fingerprint density at radius 2 is 1.88 bits per heavy atom. The van der Waals surface area contributed by atoms with Crippen molar-refractivity contribution in [2.24, 2.45) is 11.7 Å². The number of carbonyl (C=O) groups is 1. The lowest BCUT2D eigenvalue weighted by Crippen LogP contribution is -2.54. The molecule has 0 unspecified atom stereocenters. The molecule has 3 N–H and O–H groups in total. The Balaban J connectivity index is 4.30.